The molecule has 0 saturated carbocycles. The van der Waals surface area contributed by atoms with Gasteiger partial charge in [0.25, 0.3) is 0 Å². The van der Waals surface area contributed by atoms with E-state index in [9.17, 15) is 24.3 Å². The first-order valence-electron chi connectivity index (χ1n) is 22.9. The lowest BCUT2D eigenvalue weighted by Gasteiger charge is -2.25. The molecule has 10 heteroatoms. The van der Waals surface area contributed by atoms with E-state index in [1.807, 2.05) is 13.8 Å². The number of nitrogens with two attached hydrogens (primary N) is 1. The third-order valence-corrected chi connectivity index (χ3v) is 10.7. The lowest BCUT2D eigenvalue weighted by molar-refractivity contribution is -0.151. The van der Waals surface area contributed by atoms with Crippen LogP contribution in [0.1, 0.15) is 235 Å². The highest BCUT2D eigenvalue weighted by molar-refractivity contribution is 5.90. The van der Waals surface area contributed by atoms with E-state index in [4.69, 9.17) is 10.5 Å². The maximum absolute atomic E-state index is 13.3. The summed E-state index contributed by atoms with van der Waals surface area (Å²) in [6.07, 6.45) is 34.2. The van der Waals surface area contributed by atoms with E-state index in [-0.39, 0.29) is 49.0 Å². The Morgan fingerprint density at radius 1 is 0.582 bits per heavy atom. The average molecular weight is 847 g/mol. The molecule has 0 aromatic rings. The van der Waals surface area contributed by atoms with Gasteiger partial charge in [0.1, 0.15) is 18.2 Å². The quantitative estimate of drug-likeness (QED) is 0.0359. The van der Waals surface area contributed by atoms with Crippen LogP contribution < -0.4 is 33.3 Å². The predicted molar refractivity (Wildman–Crippen MR) is 225 cm³/mol. The molecule has 9 nitrogen and oxygen atoms in total. The van der Waals surface area contributed by atoms with Crippen LogP contribution in [-0.2, 0) is 23.9 Å². The monoisotopic (exact) mass is 846 g/mol. The minimum Gasteiger partial charge on any atom is -1.00 e. The lowest BCUT2D eigenvalue weighted by Crippen LogP contribution is -3.00. The minimum absolute atomic E-state index is 0. The first-order chi connectivity index (χ1) is 26.2. The smallest absolute Gasteiger partial charge is 1.00 e. The molecule has 326 valence electrons. The van der Waals surface area contributed by atoms with Gasteiger partial charge < -0.3 is 43.2 Å². The molecule has 0 saturated heterocycles. The summed E-state index contributed by atoms with van der Waals surface area (Å²) in [5, 5.41) is 15.1. The number of carbonyl (C=O) groups is 4. The summed E-state index contributed by atoms with van der Waals surface area (Å²) in [5.74, 6) is -2.52. The van der Waals surface area contributed by atoms with Crippen molar-refractivity contribution in [1.29, 1.82) is 0 Å². The molecule has 2 amide bonds. The fraction of sp³-hybridized carbons (Fsp3) is 0.911. The van der Waals surface area contributed by atoms with Crippen LogP contribution in [-0.4, -0.2) is 53.6 Å². The van der Waals surface area contributed by atoms with Gasteiger partial charge in [-0.2, -0.15) is 0 Å². The zero-order valence-electron chi connectivity index (χ0n) is 37.1. The van der Waals surface area contributed by atoms with Crippen LogP contribution in [0, 0.1) is 5.92 Å². The Balaban J connectivity index is -0.0000140. The third kappa shape index (κ3) is 35.2. The summed E-state index contributed by atoms with van der Waals surface area (Å²) < 4.78 is 5.90. The standard InChI is InChI=1S/C45H87N3O6.BrH/c1-5-7-9-11-13-15-17-19-21-23-25-27-29-33-39(54-42(50)35-30-28-26-24-22-20-18-16-14-12-10-8-6-2)37-41(49)48-43(38(3)4)44(51)47-40(45(52)53)34-31-32-36-46;/h38-40,43H,5-37,46H2,1-4H3,(H,47,51)(H,48,49)(H,52,53);1H/t39?,40-,43-;/m0./s1. The van der Waals surface area contributed by atoms with Gasteiger partial charge in [0.05, 0.1) is 6.42 Å². The van der Waals surface area contributed by atoms with E-state index in [1.165, 1.54) is 128 Å². The molecule has 0 bridgehead atoms. The van der Waals surface area contributed by atoms with Crippen molar-refractivity contribution >= 4 is 23.8 Å². The van der Waals surface area contributed by atoms with Crippen LogP contribution in [0.25, 0.3) is 0 Å². The van der Waals surface area contributed by atoms with Crippen molar-refractivity contribution in [2.24, 2.45) is 11.7 Å². The van der Waals surface area contributed by atoms with Gasteiger partial charge in [0.15, 0.2) is 0 Å². The van der Waals surface area contributed by atoms with Gasteiger partial charge in [0, 0.05) is 6.42 Å². The summed E-state index contributed by atoms with van der Waals surface area (Å²) in [6, 6.07) is -1.94. The van der Waals surface area contributed by atoms with E-state index in [1.54, 1.807) is 0 Å². The number of carbonyl (C=O) groups excluding carboxylic acids is 3. The van der Waals surface area contributed by atoms with Gasteiger partial charge >= 0.3 is 13.4 Å². The Morgan fingerprint density at radius 2 is 0.982 bits per heavy atom. The number of esters is 1. The number of ether oxygens (including phenoxy) is 1. The Kier molecular flexibility index (Phi) is 40.8. The molecule has 0 heterocycles. The number of carboxylic acids is 1. The summed E-state index contributed by atoms with van der Waals surface area (Å²) in [7, 11) is 0. The molecule has 0 spiro atoms. The number of amides is 2. The highest BCUT2D eigenvalue weighted by Crippen LogP contribution is 2.18. The highest BCUT2D eigenvalue weighted by atomic mass is 79.9. The van der Waals surface area contributed by atoms with Crippen LogP contribution in [0.4, 0.5) is 0 Å². The second kappa shape index (κ2) is 40.5. The molecule has 0 aliphatic carbocycles. The fourth-order valence-corrected chi connectivity index (χ4v) is 7.11. The first kappa shape index (κ1) is 55.4. The topological polar surface area (TPSA) is 148 Å². The zero-order chi connectivity index (χ0) is 40.1. The number of nitrogens with one attached hydrogen (secondary N) is 2. The maximum atomic E-state index is 13.3. The normalized spacial score (nSPS) is 12.8. The van der Waals surface area contributed by atoms with E-state index >= 15 is 0 Å². The number of carboxylic acid groups (broad SMARTS) is 1. The van der Waals surface area contributed by atoms with Gasteiger partial charge in [-0.15, -0.1) is 0 Å². The molecular weight excluding hydrogens is 758 g/mol. The van der Waals surface area contributed by atoms with Gasteiger partial charge in [-0.1, -0.05) is 182 Å². The third-order valence-electron chi connectivity index (χ3n) is 10.7. The van der Waals surface area contributed by atoms with Gasteiger partial charge in [-0.3, -0.25) is 14.4 Å². The molecule has 0 radical (unpaired) electrons. The molecule has 0 aromatic heterocycles. The van der Waals surface area contributed by atoms with Crippen LogP contribution in [0.2, 0.25) is 0 Å². The van der Waals surface area contributed by atoms with Crippen molar-refractivity contribution < 1.29 is 47.4 Å². The van der Waals surface area contributed by atoms with Crippen molar-refractivity contribution in [3.63, 3.8) is 0 Å². The number of unbranched alkanes of at least 4 members (excludes halogenated alkanes) is 25. The van der Waals surface area contributed by atoms with E-state index in [0.29, 0.717) is 32.2 Å². The Morgan fingerprint density at radius 3 is 1.38 bits per heavy atom. The van der Waals surface area contributed by atoms with Crippen LogP contribution in [0.3, 0.4) is 0 Å². The van der Waals surface area contributed by atoms with E-state index in [2.05, 4.69) is 24.5 Å². The van der Waals surface area contributed by atoms with Crippen molar-refractivity contribution in [1.82, 2.24) is 10.6 Å². The minimum atomic E-state index is -1.11. The SMILES string of the molecule is CCCCCCCCCCCCCCCC(=O)OC(CCCCCCCCCCCCCCC)CC(=O)N[C@H](C(=O)N[C@@H](CCCCN)C(=O)O)C(C)C.[Br-].[H+]. The molecule has 0 fully saturated rings. The predicted octanol–water partition coefficient (Wildman–Crippen LogP) is 8.21. The second-order valence-corrected chi connectivity index (χ2v) is 16.3. The highest BCUT2D eigenvalue weighted by Gasteiger charge is 2.29. The molecule has 0 aliphatic rings. The largest absolute Gasteiger partial charge is 1.00 e. The molecule has 0 rings (SSSR count). The van der Waals surface area contributed by atoms with E-state index in [0.717, 1.165) is 38.5 Å². The molecule has 1 unspecified atom stereocenters. The van der Waals surface area contributed by atoms with Gasteiger partial charge in [-0.05, 0) is 51.0 Å². The van der Waals surface area contributed by atoms with Crippen molar-refractivity contribution in [2.75, 3.05) is 6.54 Å². The Hall–Kier alpha value is -1.68. The van der Waals surface area contributed by atoms with Gasteiger partial charge in [0.2, 0.25) is 11.8 Å². The van der Waals surface area contributed by atoms with Gasteiger partial charge in [-0.25, -0.2) is 4.79 Å². The Labute approximate surface area is 350 Å². The Bertz CT molecular complexity index is 928. The van der Waals surface area contributed by atoms with Crippen LogP contribution in [0.15, 0.2) is 0 Å². The number of hydrogen-bond donors (Lipinski definition) is 4. The fourth-order valence-electron chi connectivity index (χ4n) is 7.11. The van der Waals surface area contributed by atoms with Crippen LogP contribution in [0.5, 0.6) is 0 Å². The summed E-state index contributed by atoms with van der Waals surface area (Å²) >= 11 is 0. The maximum Gasteiger partial charge on any atom is 1.00 e. The molecule has 55 heavy (non-hydrogen) atoms. The summed E-state index contributed by atoms with van der Waals surface area (Å²) in [5.41, 5.74) is 5.55. The second-order valence-electron chi connectivity index (χ2n) is 16.3. The van der Waals surface area contributed by atoms with Crippen molar-refractivity contribution in [3.8, 4) is 0 Å². The molecule has 0 aliphatic heterocycles. The lowest BCUT2D eigenvalue weighted by atomic mass is 10.0. The molecule has 0 aromatic carbocycles. The number of rotatable bonds is 40. The van der Waals surface area contributed by atoms with Crippen molar-refractivity contribution in [3.05, 3.63) is 0 Å². The zero-order valence-corrected chi connectivity index (χ0v) is 37.7. The molecular formula is C45H88BrN3O6. The number of hydrogen-bond acceptors (Lipinski definition) is 6. The number of halogens is 1. The first-order valence-corrected chi connectivity index (χ1v) is 22.9. The molecule has 5 N–H and O–H groups in total. The van der Waals surface area contributed by atoms with Crippen LogP contribution >= 0.6 is 0 Å². The number of aliphatic carboxylic acids is 1. The summed E-state index contributed by atoms with van der Waals surface area (Å²) in [4.78, 5) is 51.1. The molecule has 3 atom stereocenters. The van der Waals surface area contributed by atoms with E-state index < -0.39 is 30.1 Å². The average Bonchev–Trinajstić information content (AvgIpc) is 3.13. The summed E-state index contributed by atoms with van der Waals surface area (Å²) in [6.45, 7) is 8.59. The van der Waals surface area contributed by atoms with Crippen molar-refractivity contribution in [2.45, 2.75) is 251 Å².